The lowest BCUT2D eigenvalue weighted by atomic mass is 9.78. The third-order valence-corrected chi connectivity index (χ3v) is 10.5. The van der Waals surface area contributed by atoms with Gasteiger partial charge in [0.2, 0.25) is 0 Å². The molecule has 0 bridgehead atoms. The van der Waals surface area contributed by atoms with Crippen LogP contribution in [0.1, 0.15) is 53.1 Å². The summed E-state index contributed by atoms with van der Waals surface area (Å²) in [4.78, 5) is 13.1. The molecule has 0 saturated carbocycles. The fourth-order valence-corrected chi connectivity index (χ4v) is 8.82. The van der Waals surface area contributed by atoms with E-state index in [1.807, 2.05) is 34.6 Å². The van der Waals surface area contributed by atoms with Gasteiger partial charge < -0.3 is 10.1 Å². The zero-order valence-corrected chi connectivity index (χ0v) is 21.3. The number of carbonyl (C=O) groups is 1. The van der Waals surface area contributed by atoms with Crippen LogP contribution in [-0.2, 0) is 29.2 Å². The van der Waals surface area contributed by atoms with Gasteiger partial charge in [0, 0.05) is 11.4 Å². The van der Waals surface area contributed by atoms with Crippen molar-refractivity contribution < 1.29 is 26.4 Å². The van der Waals surface area contributed by atoms with E-state index >= 15 is 0 Å². The molecule has 0 amide bonds. The third-order valence-electron chi connectivity index (χ3n) is 6.80. The minimum Gasteiger partial charge on any atom is -0.463 e. The second-order valence-corrected chi connectivity index (χ2v) is 12.9. The molecule has 9 heteroatoms. The van der Waals surface area contributed by atoms with Crippen LogP contribution in [0.4, 0.5) is 0 Å². The summed E-state index contributed by atoms with van der Waals surface area (Å²) >= 11 is 0. The van der Waals surface area contributed by atoms with Crippen LogP contribution in [0.5, 0.6) is 0 Å². The highest BCUT2D eigenvalue weighted by Crippen LogP contribution is 2.46. The van der Waals surface area contributed by atoms with E-state index in [4.69, 9.17) is 4.74 Å². The standard InChI is InChI=1S/C23H31NO6S2/c1-8-30-23(25)20-17(7)24-18-11-31(26,27)9-10-32(28,29)22(18)21(20)19-15(5)13(3)12(2)14(4)16(19)6/h21,24H,8-11H2,1-7H3. The Morgan fingerprint density at radius 2 is 1.44 bits per heavy atom. The molecule has 1 N–H and O–H groups in total. The Morgan fingerprint density at radius 3 is 1.97 bits per heavy atom. The Bertz CT molecular complexity index is 1250. The smallest absolute Gasteiger partial charge is 0.336 e. The van der Waals surface area contributed by atoms with E-state index in [1.54, 1.807) is 13.8 Å². The summed E-state index contributed by atoms with van der Waals surface area (Å²) in [5.41, 5.74) is 6.40. The molecule has 32 heavy (non-hydrogen) atoms. The first kappa shape index (κ1) is 24.5. The second kappa shape index (κ2) is 8.33. The summed E-state index contributed by atoms with van der Waals surface area (Å²) in [5.74, 6) is -2.90. The van der Waals surface area contributed by atoms with Gasteiger partial charge in [-0.25, -0.2) is 21.6 Å². The number of carbonyl (C=O) groups excluding carboxylic acids is 1. The number of ether oxygens (including phenoxy) is 1. The summed E-state index contributed by atoms with van der Waals surface area (Å²) in [5, 5.41) is 2.94. The number of rotatable bonds is 3. The number of sulfone groups is 2. The predicted molar refractivity (Wildman–Crippen MR) is 125 cm³/mol. The normalized spacial score (nSPS) is 22.2. The van der Waals surface area contributed by atoms with Crippen molar-refractivity contribution in [3.63, 3.8) is 0 Å². The van der Waals surface area contributed by atoms with Crippen molar-refractivity contribution in [1.82, 2.24) is 5.32 Å². The summed E-state index contributed by atoms with van der Waals surface area (Å²) in [6.45, 7) is 13.3. The molecule has 2 aliphatic rings. The van der Waals surface area contributed by atoms with Gasteiger partial charge >= 0.3 is 5.97 Å². The van der Waals surface area contributed by atoms with Crippen LogP contribution >= 0.6 is 0 Å². The van der Waals surface area contributed by atoms with Crippen LogP contribution in [0, 0.1) is 34.6 Å². The fraction of sp³-hybridized carbons (Fsp3) is 0.522. The van der Waals surface area contributed by atoms with E-state index in [0.717, 1.165) is 33.4 Å². The zero-order valence-electron chi connectivity index (χ0n) is 19.7. The van der Waals surface area contributed by atoms with E-state index in [0.29, 0.717) is 5.70 Å². The number of dihydropyridines is 1. The Balaban J connectivity index is 2.47. The zero-order chi connectivity index (χ0) is 24.2. The maximum Gasteiger partial charge on any atom is 0.336 e. The van der Waals surface area contributed by atoms with Gasteiger partial charge in [-0.05, 0) is 81.8 Å². The summed E-state index contributed by atoms with van der Waals surface area (Å²) in [6.07, 6.45) is 0. The number of nitrogens with one attached hydrogen (secondary N) is 1. The minimum atomic E-state index is -3.97. The maximum atomic E-state index is 13.5. The molecule has 1 aromatic carbocycles. The molecular weight excluding hydrogens is 450 g/mol. The summed E-state index contributed by atoms with van der Waals surface area (Å²) < 4.78 is 57.3. The molecule has 3 rings (SSSR count). The Labute approximate surface area is 190 Å². The van der Waals surface area contributed by atoms with Gasteiger partial charge in [0.25, 0.3) is 0 Å². The fourth-order valence-electron chi connectivity index (χ4n) is 4.71. The van der Waals surface area contributed by atoms with E-state index in [2.05, 4.69) is 5.32 Å². The quantitative estimate of drug-likeness (QED) is 0.662. The minimum absolute atomic E-state index is 0.0268. The highest BCUT2D eigenvalue weighted by atomic mass is 32.2. The molecule has 176 valence electrons. The molecule has 2 heterocycles. The van der Waals surface area contributed by atoms with E-state index < -0.39 is 48.8 Å². The lowest BCUT2D eigenvalue weighted by molar-refractivity contribution is -0.138. The largest absolute Gasteiger partial charge is 0.463 e. The number of allylic oxidation sites excluding steroid dienone is 2. The van der Waals surface area contributed by atoms with Crippen molar-refractivity contribution in [2.24, 2.45) is 0 Å². The SMILES string of the molecule is CCOC(=O)C1=C(C)NC2=C(C1c1c(C)c(C)c(C)c(C)c1C)S(=O)(=O)CCS(=O)(=O)C2. The first-order chi connectivity index (χ1) is 14.7. The molecule has 0 spiro atoms. The van der Waals surface area contributed by atoms with Crippen LogP contribution in [-0.4, -0.2) is 46.7 Å². The number of esters is 1. The van der Waals surface area contributed by atoms with E-state index in [1.165, 1.54) is 0 Å². The molecule has 0 aliphatic carbocycles. The third kappa shape index (κ3) is 4.01. The average molecular weight is 482 g/mol. The van der Waals surface area contributed by atoms with Crippen LogP contribution < -0.4 is 5.32 Å². The van der Waals surface area contributed by atoms with Crippen molar-refractivity contribution >= 4 is 25.6 Å². The van der Waals surface area contributed by atoms with Crippen molar-refractivity contribution in [2.45, 2.75) is 54.4 Å². The van der Waals surface area contributed by atoms with Crippen molar-refractivity contribution in [3.8, 4) is 0 Å². The van der Waals surface area contributed by atoms with Crippen molar-refractivity contribution in [3.05, 3.63) is 55.3 Å². The Morgan fingerprint density at radius 1 is 0.906 bits per heavy atom. The van der Waals surface area contributed by atoms with Crippen molar-refractivity contribution in [1.29, 1.82) is 0 Å². The van der Waals surface area contributed by atoms with Gasteiger partial charge in [-0.1, -0.05) is 0 Å². The maximum absolute atomic E-state index is 13.5. The molecular formula is C23H31NO6S2. The molecule has 0 fully saturated rings. The van der Waals surface area contributed by atoms with Gasteiger partial charge in [0.1, 0.15) is 0 Å². The highest BCUT2D eigenvalue weighted by Gasteiger charge is 2.45. The van der Waals surface area contributed by atoms with Crippen LogP contribution in [0.15, 0.2) is 21.9 Å². The molecule has 0 radical (unpaired) electrons. The Hall–Kier alpha value is -2.13. The van der Waals surface area contributed by atoms with Gasteiger partial charge in [0.05, 0.1) is 40.3 Å². The molecule has 0 saturated heterocycles. The number of hydrogen-bond donors (Lipinski definition) is 1. The number of benzene rings is 1. The lowest BCUT2D eigenvalue weighted by Crippen LogP contribution is -2.34. The van der Waals surface area contributed by atoms with Crippen LogP contribution in [0.2, 0.25) is 0 Å². The van der Waals surface area contributed by atoms with Crippen LogP contribution in [0.25, 0.3) is 0 Å². The van der Waals surface area contributed by atoms with Gasteiger partial charge in [-0.3, -0.25) is 0 Å². The topological polar surface area (TPSA) is 107 Å². The first-order valence-corrected chi connectivity index (χ1v) is 14.1. The monoisotopic (exact) mass is 481 g/mol. The van der Waals surface area contributed by atoms with E-state index in [9.17, 15) is 21.6 Å². The summed E-state index contributed by atoms with van der Waals surface area (Å²) in [7, 11) is -7.59. The predicted octanol–water partition coefficient (Wildman–Crippen LogP) is 2.81. The average Bonchev–Trinajstić information content (AvgIpc) is 2.77. The molecule has 2 aliphatic heterocycles. The molecule has 1 unspecified atom stereocenters. The van der Waals surface area contributed by atoms with Crippen LogP contribution in [0.3, 0.4) is 0 Å². The molecule has 0 aromatic heterocycles. The summed E-state index contributed by atoms with van der Waals surface area (Å²) in [6, 6.07) is 0. The lowest BCUT2D eigenvalue weighted by Gasteiger charge is -2.34. The molecule has 1 atom stereocenters. The highest BCUT2D eigenvalue weighted by molar-refractivity contribution is 7.98. The van der Waals surface area contributed by atoms with E-state index in [-0.39, 0.29) is 22.8 Å². The molecule has 1 aromatic rings. The Kier molecular flexibility index (Phi) is 6.38. The second-order valence-electron chi connectivity index (χ2n) is 8.61. The van der Waals surface area contributed by atoms with Gasteiger partial charge in [-0.2, -0.15) is 0 Å². The molecule has 7 nitrogen and oxygen atoms in total. The van der Waals surface area contributed by atoms with Gasteiger partial charge in [0.15, 0.2) is 19.7 Å². The van der Waals surface area contributed by atoms with Gasteiger partial charge in [-0.15, -0.1) is 0 Å². The number of hydrogen-bond acceptors (Lipinski definition) is 7. The first-order valence-electron chi connectivity index (χ1n) is 10.6. The van der Waals surface area contributed by atoms with Crippen molar-refractivity contribution in [2.75, 3.05) is 23.9 Å².